The van der Waals surface area contributed by atoms with Crippen molar-refractivity contribution in [2.75, 3.05) is 6.56 Å². The Balaban J connectivity index is 1.70. The number of carbonyl (C=O) groups excluding carboxylic acids is 1. The molecule has 0 amide bonds. The van der Waals surface area contributed by atoms with Gasteiger partial charge in [0.2, 0.25) is 0 Å². The standard InChI is InChI=1S/C28H30F3NO5/c1-4-26(2,3)24-10-17-9-16(20(29)13-21(17)32(24)14-19(34)15-33)11-25(35)27(7-8-27)18-5-6-22-23(12-18)37-28(30,31)36-22/h5-6,9-10,12-13,19,33-34H,4,7-8,11,14-15H2,1-3H3/t19-/m1/s1/i5D,6D,9D,10D,12D,13D,14D2,15D2. The van der Waals surface area contributed by atoms with E-state index < -0.39 is 124 Å². The van der Waals surface area contributed by atoms with E-state index in [0.29, 0.717) is 4.57 Å². The maximum Gasteiger partial charge on any atom is 0.586 e. The van der Waals surface area contributed by atoms with E-state index in [1.54, 1.807) is 20.8 Å². The molecule has 1 atom stereocenters. The highest BCUT2D eigenvalue weighted by Gasteiger charge is 2.52. The van der Waals surface area contributed by atoms with Crippen molar-refractivity contribution < 1.29 is 51.4 Å². The van der Waals surface area contributed by atoms with Gasteiger partial charge in [-0.25, -0.2) is 4.39 Å². The summed E-state index contributed by atoms with van der Waals surface area (Å²) in [6.07, 6.45) is -7.79. The molecule has 0 radical (unpaired) electrons. The van der Waals surface area contributed by atoms with Crippen molar-refractivity contribution in [1.29, 1.82) is 0 Å². The number of aromatic nitrogens is 1. The molecule has 9 heteroatoms. The number of benzene rings is 2. The Hall–Kier alpha value is -3.04. The topological polar surface area (TPSA) is 80.9 Å². The Morgan fingerprint density at radius 1 is 1.22 bits per heavy atom. The maximum atomic E-state index is 16.1. The minimum Gasteiger partial charge on any atom is -0.395 e. The fourth-order valence-electron chi connectivity index (χ4n) is 4.23. The molecule has 6 nitrogen and oxygen atoms in total. The third kappa shape index (κ3) is 4.48. The normalized spacial score (nSPS) is 22.9. The van der Waals surface area contributed by atoms with E-state index in [-0.39, 0.29) is 25.0 Å². The molecule has 1 fully saturated rings. The number of ketones is 1. The van der Waals surface area contributed by atoms with Crippen molar-refractivity contribution in [3.05, 3.63) is 58.9 Å². The van der Waals surface area contributed by atoms with Crippen molar-refractivity contribution in [1.82, 2.24) is 4.57 Å². The lowest BCUT2D eigenvalue weighted by Crippen LogP contribution is -2.26. The number of aliphatic hydroxyl groups is 2. The monoisotopic (exact) mass is 527 g/mol. The first-order chi connectivity index (χ1) is 21.4. The molecule has 37 heavy (non-hydrogen) atoms. The van der Waals surface area contributed by atoms with Crippen LogP contribution in [0.2, 0.25) is 0 Å². The van der Waals surface area contributed by atoms with Crippen LogP contribution in [0.4, 0.5) is 13.2 Å². The summed E-state index contributed by atoms with van der Waals surface area (Å²) in [4.78, 5) is 13.8. The minimum atomic E-state index is -4.22. The third-order valence-electron chi connectivity index (χ3n) is 6.88. The van der Waals surface area contributed by atoms with E-state index in [0.717, 1.165) is 0 Å². The van der Waals surface area contributed by atoms with Crippen molar-refractivity contribution in [2.24, 2.45) is 0 Å². The number of halogens is 3. The summed E-state index contributed by atoms with van der Waals surface area (Å²) >= 11 is 0. The maximum absolute atomic E-state index is 16.1. The van der Waals surface area contributed by atoms with Crippen molar-refractivity contribution in [2.45, 2.75) is 76.2 Å². The Morgan fingerprint density at radius 3 is 2.57 bits per heavy atom. The molecule has 198 valence electrons. The van der Waals surface area contributed by atoms with Gasteiger partial charge in [0.25, 0.3) is 0 Å². The van der Waals surface area contributed by atoms with E-state index in [1.807, 2.05) is 0 Å². The molecule has 0 unspecified atom stereocenters. The zero-order chi connectivity index (χ0) is 35.6. The molecular formula is C28H30F3NO5. The molecule has 1 saturated carbocycles. The van der Waals surface area contributed by atoms with Crippen LogP contribution in [0.5, 0.6) is 11.5 Å². The molecule has 0 saturated heterocycles. The number of carbonyl (C=O) groups is 1. The fraction of sp³-hybridized carbons (Fsp3) is 0.464. The number of fused-ring (bicyclic) bond motifs is 2. The third-order valence-corrected chi connectivity index (χ3v) is 6.88. The summed E-state index contributed by atoms with van der Waals surface area (Å²) < 4.78 is 137. The van der Waals surface area contributed by atoms with Gasteiger partial charge in [0.15, 0.2) is 11.5 Å². The second kappa shape index (κ2) is 8.77. The SMILES string of the molecule is [2H]c1c([2H])c(C2(C(=O)Cc3c(F)c([2H])c4c(c3[2H])c([2H])c(C(C)(C)CC)n4C([2H])([2H])[C@@H](O)C([2H])([2H])O)CC2)c([2H])c2c1OC(F)(F)O2. The number of nitrogens with zero attached hydrogens (tertiary/aromatic N) is 1. The zero-order valence-electron chi connectivity index (χ0n) is 30.1. The van der Waals surface area contributed by atoms with Crippen LogP contribution in [0.25, 0.3) is 10.9 Å². The first-order valence-corrected chi connectivity index (χ1v) is 11.5. The van der Waals surface area contributed by atoms with E-state index in [2.05, 4.69) is 9.47 Å². The number of hydrogen-bond donors (Lipinski definition) is 2. The molecule has 5 rings (SSSR count). The molecule has 1 aliphatic carbocycles. The summed E-state index contributed by atoms with van der Waals surface area (Å²) in [6.45, 7) is -2.02. The molecule has 0 bridgehead atoms. The van der Waals surface area contributed by atoms with Gasteiger partial charge >= 0.3 is 6.29 Å². The van der Waals surface area contributed by atoms with Gasteiger partial charge in [-0.2, -0.15) is 0 Å². The lowest BCUT2D eigenvalue weighted by molar-refractivity contribution is -0.286. The number of hydrogen-bond acceptors (Lipinski definition) is 5. The summed E-state index contributed by atoms with van der Waals surface area (Å²) in [5.74, 6) is -4.05. The molecule has 1 aliphatic heterocycles. The highest BCUT2D eigenvalue weighted by atomic mass is 19.3. The summed E-state index contributed by atoms with van der Waals surface area (Å²) in [5.41, 5.74) is -4.93. The Bertz CT molecular complexity index is 1850. The van der Waals surface area contributed by atoms with Gasteiger partial charge in [-0.05, 0) is 60.6 Å². The molecule has 3 aromatic rings. The van der Waals surface area contributed by atoms with Gasteiger partial charge in [-0.1, -0.05) is 26.8 Å². The quantitative estimate of drug-likeness (QED) is 0.410. The average molecular weight is 528 g/mol. The number of alkyl halides is 2. The van der Waals surface area contributed by atoms with Gasteiger partial charge in [-0.15, -0.1) is 8.78 Å². The van der Waals surface area contributed by atoms with Crippen LogP contribution in [0.3, 0.4) is 0 Å². The van der Waals surface area contributed by atoms with Crippen LogP contribution < -0.4 is 9.47 Å². The molecule has 2 aliphatic rings. The minimum absolute atomic E-state index is 0.0276. The van der Waals surface area contributed by atoms with Crippen LogP contribution in [0.1, 0.15) is 70.6 Å². The van der Waals surface area contributed by atoms with E-state index in [4.69, 9.17) is 13.7 Å². The van der Waals surface area contributed by atoms with Gasteiger partial charge in [-0.3, -0.25) is 4.79 Å². The van der Waals surface area contributed by atoms with Gasteiger partial charge in [0, 0.05) is 22.9 Å². The molecule has 2 aromatic carbocycles. The second-order valence-corrected chi connectivity index (χ2v) is 9.73. The predicted octanol–water partition coefficient (Wildman–Crippen LogP) is 4.99. The summed E-state index contributed by atoms with van der Waals surface area (Å²) in [5, 5.41) is 19.9. The van der Waals surface area contributed by atoms with Gasteiger partial charge in [0.1, 0.15) is 11.6 Å². The number of ether oxygens (including phenoxy) is 2. The van der Waals surface area contributed by atoms with E-state index in [1.165, 1.54) is 0 Å². The van der Waals surface area contributed by atoms with Crippen LogP contribution in [0.15, 0.2) is 36.3 Å². The first kappa shape index (κ1) is 16.0. The summed E-state index contributed by atoms with van der Waals surface area (Å²) in [7, 11) is 0. The van der Waals surface area contributed by atoms with Gasteiger partial charge < -0.3 is 24.3 Å². The molecule has 2 N–H and O–H groups in total. The largest absolute Gasteiger partial charge is 0.586 e. The van der Waals surface area contributed by atoms with Gasteiger partial charge in [0.05, 0.1) is 43.8 Å². The number of Topliss-reactive ketones (excluding diaryl/α,β-unsaturated/α-hetero) is 1. The van der Waals surface area contributed by atoms with E-state index in [9.17, 15) is 23.8 Å². The highest BCUT2D eigenvalue weighted by molar-refractivity contribution is 5.95. The predicted molar refractivity (Wildman–Crippen MR) is 131 cm³/mol. The Kier molecular flexibility index (Phi) is 3.80. The van der Waals surface area contributed by atoms with Crippen LogP contribution in [0, 0.1) is 5.82 Å². The van der Waals surface area contributed by atoms with Crippen LogP contribution in [-0.4, -0.2) is 39.5 Å². The average Bonchev–Trinajstić information content (AvgIpc) is 3.59. The fourth-order valence-corrected chi connectivity index (χ4v) is 4.23. The lowest BCUT2D eigenvalue weighted by atomic mass is 9.86. The molecular weight excluding hydrogens is 487 g/mol. The Morgan fingerprint density at radius 2 is 1.92 bits per heavy atom. The second-order valence-electron chi connectivity index (χ2n) is 9.73. The number of rotatable bonds is 9. The van der Waals surface area contributed by atoms with Crippen LogP contribution in [-0.2, 0) is 28.5 Å². The first-order valence-electron chi connectivity index (χ1n) is 16.5. The molecule has 0 spiro atoms. The Labute approximate surface area is 226 Å². The lowest BCUT2D eigenvalue weighted by Gasteiger charge is -2.26. The van der Waals surface area contributed by atoms with Crippen LogP contribution >= 0.6 is 0 Å². The van der Waals surface area contributed by atoms with Crippen molar-refractivity contribution in [3.63, 3.8) is 0 Å². The molecule has 1 aromatic heterocycles. The zero-order valence-corrected chi connectivity index (χ0v) is 20.1. The summed E-state index contributed by atoms with van der Waals surface area (Å²) in [6, 6.07) is -4.87. The molecule has 2 heterocycles. The van der Waals surface area contributed by atoms with E-state index >= 15 is 4.39 Å². The number of aliphatic hydroxyl groups excluding tert-OH is 1. The smallest absolute Gasteiger partial charge is 0.395 e. The van der Waals surface area contributed by atoms with Crippen molar-refractivity contribution in [3.8, 4) is 11.5 Å². The highest BCUT2D eigenvalue weighted by Crippen LogP contribution is 2.52. The van der Waals surface area contributed by atoms with Crippen molar-refractivity contribution >= 4 is 16.7 Å².